The lowest BCUT2D eigenvalue weighted by molar-refractivity contribution is 0.227. The topological polar surface area (TPSA) is 61.7 Å². The number of hydrogen-bond donors (Lipinski definition) is 3. The first kappa shape index (κ1) is 12.5. The Morgan fingerprint density at radius 3 is 2.76 bits per heavy atom. The van der Waals surface area contributed by atoms with Gasteiger partial charge in [-0.2, -0.15) is 0 Å². The van der Waals surface area contributed by atoms with Crippen LogP contribution in [-0.2, 0) is 6.42 Å². The van der Waals surface area contributed by atoms with Crippen LogP contribution in [0.2, 0.25) is 0 Å². The van der Waals surface area contributed by atoms with Crippen molar-refractivity contribution < 1.29 is 14.9 Å². The average Bonchev–Trinajstić information content (AvgIpc) is 2.67. The van der Waals surface area contributed by atoms with Crippen molar-refractivity contribution in [3.05, 3.63) is 53.1 Å². The molecule has 4 heteroatoms. The molecule has 3 N–H and O–H groups in total. The van der Waals surface area contributed by atoms with Gasteiger partial charge in [0.1, 0.15) is 12.4 Å². The van der Waals surface area contributed by atoms with Gasteiger partial charge in [-0.05, 0) is 42.3 Å². The first-order valence-electron chi connectivity index (χ1n) is 7.24. The maximum absolute atomic E-state index is 9.90. The molecule has 21 heavy (non-hydrogen) atoms. The highest BCUT2D eigenvalue weighted by Gasteiger charge is 2.35. The standard InChI is InChI=1S/C17H17NO3/c19-14-7-10-5-6-18-13-9-21-16-4-2-1-3-11(16)17(13)12(10)8-15(14)20/h1-4,7-8,13,17-20H,5-6,9H2/t13-,17+/m0/s1. The molecule has 0 fully saturated rings. The maximum Gasteiger partial charge on any atom is 0.157 e. The molecule has 2 atom stereocenters. The average molecular weight is 283 g/mol. The fourth-order valence-electron chi connectivity index (χ4n) is 3.46. The molecule has 4 nitrogen and oxygen atoms in total. The van der Waals surface area contributed by atoms with Gasteiger partial charge in [-0.15, -0.1) is 0 Å². The van der Waals surface area contributed by atoms with Crippen molar-refractivity contribution in [3.63, 3.8) is 0 Å². The van der Waals surface area contributed by atoms with Gasteiger partial charge in [-0.3, -0.25) is 0 Å². The second kappa shape index (κ2) is 4.67. The second-order valence-corrected chi connectivity index (χ2v) is 5.68. The number of phenolic OH excluding ortho intramolecular Hbond substituents is 2. The van der Waals surface area contributed by atoms with Crippen LogP contribution in [-0.4, -0.2) is 29.4 Å². The summed E-state index contributed by atoms with van der Waals surface area (Å²) in [5, 5.41) is 23.2. The van der Waals surface area contributed by atoms with E-state index in [1.54, 1.807) is 12.1 Å². The van der Waals surface area contributed by atoms with Crippen LogP contribution in [0.1, 0.15) is 22.6 Å². The van der Waals surface area contributed by atoms with Crippen LogP contribution >= 0.6 is 0 Å². The third kappa shape index (κ3) is 1.94. The number of hydrogen-bond acceptors (Lipinski definition) is 4. The molecule has 4 rings (SSSR count). The van der Waals surface area contributed by atoms with E-state index in [1.165, 1.54) is 0 Å². The summed E-state index contributed by atoms with van der Waals surface area (Å²) in [6.45, 7) is 1.45. The lowest BCUT2D eigenvalue weighted by atomic mass is 9.81. The van der Waals surface area contributed by atoms with E-state index >= 15 is 0 Å². The summed E-state index contributed by atoms with van der Waals surface area (Å²) < 4.78 is 5.84. The second-order valence-electron chi connectivity index (χ2n) is 5.68. The van der Waals surface area contributed by atoms with Crippen LogP contribution in [0.15, 0.2) is 36.4 Å². The molecule has 0 unspecified atom stereocenters. The fourth-order valence-corrected chi connectivity index (χ4v) is 3.46. The molecule has 0 bridgehead atoms. The molecule has 2 heterocycles. The summed E-state index contributed by atoms with van der Waals surface area (Å²) in [7, 11) is 0. The van der Waals surface area contributed by atoms with Gasteiger partial charge in [0.25, 0.3) is 0 Å². The van der Waals surface area contributed by atoms with Gasteiger partial charge in [0.05, 0.1) is 6.04 Å². The molecule has 0 spiro atoms. The smallest absolute Gasteiger partial charge is 0.157 e. The number of phenols is 2. The van der Waals surface area contributed by atoms with Crippen LogP contribution in [0.3, 0.4) is 0 Å². The molecule has 0 aromatic heterocycles. The number of fused-ring (bicyclic) bond motifs is 5. The Bertz CT molecular complexity index is 698. The minimum absolute atomic E-state index is 0.0486. The van der Waals surface area contributed by atoms with Crippen molar-refractivity contribution in [3.8, 4) is 17.2 Å². The summed E-state index contributed by atoms with van der Waals surface area (Å²) in [5.41, 5.74) is 3.30. The molecule has 0 aliphatic carbocycles. The zero-order valence-electron chi connectivity index (χ0n) is 11.5. The van der Waals surface area contributed by atoms with E-state index in [0.717, 1.165) is 35.4 Å². The van der Waals surface area contributed by atoms with Gasteiger partial charge >= 0.3 is 0 Å². The van der Waals surface area contributed by atoms with Gasteiger partial charge in [-0.1, -0.05) is 18.2 Å². The van der Waals surface area contributed by atoms with Crippen LogP contribution in [0.25, 0.3) is 0 Å². The first-order valence-corrected chi connectivity index (χ1v) is 7.24. The van der Waals surface area contributed by atoms with Gasteiger partial charge in [0.15, 0.2) is 11.5 Å². The lowest BCUT2D eigenvalue weighted by Gasteiger charge is -2.33. The minimum atomic E-state index is -0.0571. The van der Waals surface area contributed by atoms with Gasteiger partial charge in [0, 0.05) is 11.5 Å². The van der Waals surface area contributed by atoms with E-state index in [0.29, 0.717) is 6.61 Å². The first-order chi connectivity index (χ1) is 10.2. The van der Waals surface area contributed by atoms with Gasteiger partial charge in [-0.25, -0.2) is 0 Å². The maximum atomic E-state index is 9.90. The zero-order chi connectivity index (χ0) is 14.4. The Morgan fingerprint density at radius 1 is 1.05 bits per heavy atom. The number of aromatic hydroxyl groups is 2. The Balaban J connectivity index is 1.93. The Hall–Kier alpha value is -2.20. The zero-order valence-corrected chi connectivity index (χ0v) is 11.5. The number of benzene rings is 2. The Labute approximate surface area is 123 Å². The fraction of sp³-hybridized carbons (Fsp3) is 0.294. The van der Waals surface area contributed by atoms with E-state index in [1.807, 2.05) is 18.2 Å². The van der Waals surface area contributed by atoms with Crippen molar-refractivity contribution >= 4 is 0 Å². The van der Waals surface area contributed by atoms with Crippen molar-refractivity contribution in [1.29, 1.82) is 0 Å². The highest BCUT2D eigenvalue weighted by atomic mass is 16.5. The van der Waals surface area contributed by atoms with Crippen LogP contribution in [0, 0.1) is 0 Å². The van der Waals surface area contributed by atoms with Crippen molar-refractivity contribution in [2.45, 2.75) is 18.4 Å². The number of para-hydroxylation sites is 1. The molecule has 2 aromatic rings. The predicted molar refractivity (Wildman–Crippen MR) is 79.0 cm³/mol. The van der Waals surface area contributed by atoms with E-state index < -0.39 is 0 Å². The molecule has 108 valence electrons. The Kier molecular flexibility index (Phi) is 2.79. The molecule has 2 aromatic carbocycles. The normalized spacial score (nSPS) is 23.2. The minimum Gasteiger partial charge on any atom is -0.504 e. The predicted octanol–water partition coefficient (Wildman–Crippen LogP) is 2.14. The molecular formula is C17H17NO3. The molecule has 0 amide bonds. The largest absolute Gasteiger partial charge is 0.504 e. The summed E-state index contributed by atoms with van der Waals surface area (Å²) in [4.78, 5) is 0. The van der Waals surface area contributed by atoms with Gasteiger partial charge < -0.3 is 20.3 Å². The Morgan fingerprint density at radius 2 is 1.86 bits per heavy atom. The highest BCUT2D eigenvalue weighted by Crippen LogP contribution is 2.43. The lowest BCUT2D eigenvalue weighted by Crippen LogP contribution is -2.42. The monoisotopic (exact) mass is 283 g/mol. The van der Waals surface area contributed by atoms with E-state index in [4.69, 9.17) is 4.74 Å². The molecule has 2 aliphatic rings. The van der Waals surface area contributed by atoms with E-state index in [2.05, 4.69) is 11.4 Å². The number of rotatable bonds is 0. The number of nitrogens with one attached hydrogen (secondary N) is 1. The molecular weight excluding hydrogens is 266 g/mol. The molecule has 0 saturated carbocycles. The van der Waals surface area contributed by atoms with E-state index in [-0.39, 0.29) is 23.5 Å². The highest BCUT2D eigenvalue weighted by molar-refractivity contribution is 5.53. The van der Waals surface area contributed by atoms with Crippen LogP contribution in [0.4, 0.5) is 0 Å². The molecule has 2 aliphatic heterocycles. The summed E-state index contributed by atoms with van der Waals surface area (Å²) >= 11 is 0. The molecule has 0 radical (unpaired) electrons. The summed E-state index contributed by atoms with van der Waals surface area (Å²) in [6, 6.07) is 11.6. The molecule has 0 saturated heterocycles. The van der Waals surface area contributed by atoms with Gasteiger partial charge in [0.2, 0.25) is 0 Å². The van der Waals surface area contributed by atoms with Crippen LogP contribution < -0.4 is 10.1 Å². The number of ether oxygens (including phenoxy) is 1. The van der Waals surface area contributed by atoms with E-state index in [9.17, 15) is 10.2 Å². The quantitative estimate of drug-likeness (QED) is 0.648. The summed E-state index contributed by atoms with van der Waals surface area (Å²) in [6.07, 6.45) is 0.832. The summed E-state index contributed by atoms with van der Waals surface area (Å²) in [5.74, 6) is 0.936. The SMILES string of the molecule is Oc1cc2c(cc1O)[C@H]1c3ccccc3OC[C@@H]1NCC2. The van der Waals surface area contributed by atoms with Crippen molar-refractivity contribution in [2.24, 2.45) is 0 Å². The third-order valence-corrected chi connectivity index (χ3v) is 4.45. The van der Waals surface area contributed by atoms with Crippen molar-refractivity contribution in [2.75, 3.05) is 13.2 Å². The third-order valence-electron chi connectivity index (χ3n) is 4.45. The van der Waals surface area contributed by atoms with Crippen LogP contribution in [0.5, 0.6) is 17.2 Å². The van der Waals surface area contributed by atoms with Crippen molar-refractivity contribution in [1.82, 2.24) is 5.32 Å².